The Hall–Kier alpha value is -3.45. The average molecular weight is 381 g/mol. The molecule has 0 aliphatic heterocycles. The number of hydrogen-bond donors (Lipinski definition) is 2. The number of nitrogen functional groups attached to an aromatic ring is 1. The van der Waals surface area contributed by atoms with Crippen LogP contribution in [-0.4, -0.2) is 18.0 Å². The summed E-state index contributed by atoms with van der Waals surface area (Å²) in [5.74, 6) is 0.619. The predicted molar refractivity (Wildman–Crippen MR) is 103 cm³/mol. The topological polar surface area (TPSA) is 86.5 Å². The minimum absolute atomic E-state index is 0.153. The lowest BCUT2D eigenvalue weighted by molar-refractivity contribution is 0.0951. The van der Waals surface area contributed by atoms with Gasteiger partial charge in [-0.15, -0.1) is 0 Å². The van der Waals surface area contributed by atoms with Gasteiger partial charge in [-0.3, -0.25) is 4.79 Å². The first-order valence-corrected chi connectivity index (χ1v) is 8.60. The van der Waals surface area contributed by atoms with Gasteiger partial charge in [0.2, 0.25) is 0 Å². The van der Waals surface area contributed by atoms with Crippen molar-refractivity contribution in [3.63, 3.8) is 0 Å². The Kier molecular flexibility index (Phi) is 6.18. The summed E-state index contributed by atoms with van der Waals surface area (Å²) >= 11 is 0. The zero-order valence-corrected chi connectivity index (χ0v) is 15.3. The second-order valence-corrected chi connectivity index (χ2v) is 6.05. The van der Waals surface area contributed by atoms with Crippen LogP contribution in [0.3, 0.4) is 0 Å². The van der Waals surface area contributed by atoms with E-state index in [4.69, 9.17) is 15.2 Å². The van der Waals surface area contributed by atoms with E-state index in [-0.39, 0.29) is 17.5 Å². The van der Waals surface area contributed by atoms with Crippen molar-refractivity contribution < 1.29 is 18.7 Å². The van der Waals surface area contributed by atoms with E-state index in [0.29, 0.717) is 35.9 Å². The number of carbonyl (C=O) groups excluding carboxylic acids is 1. The molecule has 0 radical (unpaired) electrons. The largest absolute Gasteiger partial charge is 0.457 e. The number of ether oxygens (including phenoxy) is 2. The quantitative estimate of drug-likeness (QED) is 0.652. The van der Waals surface area contributed by atoms with E-state index in [9.17, 15) is 9.18 Å². The van der Waals surface area contributed by atoms with E-state index in [1.54, 1.807) is 43.5 Å². The van der Waals surface area contributed by atoms with Gasteiger partial charge >= 0.3 is 0 Å². The number of rotatable bonds is 7. The molecule has 0 spiro atoms. The van der Waals surface area contributed by atoms with Crippen molar-refractivity contribution in [3.8, 4) is 11.5 Å². The number of benzene rings is 2. The third-order valence-corrected chi connectivity index (χ3v) is 3.92. The summed E-state index contributed by atoms with van der Waals surface area (Å²) in [7, 11) is 1.56. The number of methoxy groups -OCH3 is 1. The van der Waals surface area contributed by atoms with Crippen LogP contribution in [0, 0.1) is 5.82 Å². The van der Waals surface area contributed by atoms with Crippen LogP contribution in [0.5, 0.6) is 11.5 Å². The number of anilines is 1. The van der Waals surface area contributed by atoms with E-state index >= 15 is 0 Å². The summed E-state index contributed by atoms with van der Waals surface area (Å²) in [4.78, 5) is 16.5. The molecule has 1 amide bonds. The lowest BCUT2D eigenvalue weighted by Gasteiger charge is -2.10. The van der Waals surface area contributed by atoms with Gasteiger partial charge in [0.1, 0.15) is 23.1 Å². The highest BCUT2D eigenvalue weighted by molar-refractivity contribution is 5.98. The monoisotopic (exact) mass is 381 g/mol. The fourth-order valence-corrected chi connectivity index (χ4v) is 2.57. The molecule has 3 aromatic rings. The fraction of sp³-hybridized carbons (Fsp3) is 0.143. The Labute approximate surface area is 162 Å². The molecule has 28 heavy (non-hydrogen) atoms. The Morgan fingerprint density at radius 1 is 1.11 bits per heavy atom. The van der Waals surface area contributed by atoms with Gasteiger partial charge in [0, 0.05) is 13.7 Å². The molecule has 0 fully saturated rings. The molecular formula is C21H20FN3O3. The normalized spacial score (nSPS) is 10.5. The summed E-state index contributed by atoms with van der Waals surface area (Å²) in [5.41, 5.74) is 7.67. The van der Waals surface area contributed by atoms with Crippen molar-refractivity contribution >= 4 is 11.7 Å². The van der Waals surface area contributed by atoms with E-state index < -0.39 is 0 Å². The van der Waals surface area contributed by atoms with Crippen molar-refractivity contribution in [2.45, 2.75) is 13.2 Å². The first kappa shape index (κ1) is 19.3. The van der Waals surface area contributed by atoms with Crippen molar-refractivity contribution in [2.24, 2.45) is 0 Å². The third-order valence-electron chi connectivity index (χ3n) is 3.92. The second kappa shape index (κ2) is 8.96. The first-order valence-electron chi connectivity index (χ1n) is 8.60. The second-order valence-electron chi connectivity index (χ2n) is 6.05. The Bertz CT molecular complexity index is 961. The van der Waals surface area contributed by atoms with Crippen LogP contribution in [-0.2, 0) is 17.9 Å². The van der Waals surface area contributed by atoms with Crippen LogP contribution in [0.15, 0.2) is 60.7 Å². The SMILES string of the molecule is COCc1ccc(C(=O)NCc2cccc(Oc3ccc(F)cc3)c2)c(N)n1. The molecule has 1 aromatic heterocycles. The minimum Gasteiger partial charge on any atom is -0.457 e. The average Bonchev–Trinajstić information content (AvgIpc) is 2.69. The Morgan fingerprint density at radius 2 is 1.89 bits per heavy atom. The summed E-state index contributed by atoms with van der Waals surface area (Å²) in [6, 6.07) is 16.3. The highest BCUT2D eigenvalue weighted by Gasteiger charge is 2.11. The molecule has 0 saturated heterocycles. The van der Waals surface area contributed by atoms with Gasteiger partial charge < -0.3 is 20.5 Å². The molecule has 144 valence electrons. The van der Waals surface area contributed by atoms with Crippen LogP contribution in [0.2, 0.25) is 0 Å². The minimum atomic E-state index is -0.326. The van der Waals surface area contributed by atoms with E-state index in [2.05, 4.69) is 10.3 Å². The van der Waals surface area contributed by atoms with E-state index in [0.717, 1.165) is 5.56 Å². The van der Waals surface area contributed by atoms with Crippen molar-refractivity contribution in [1.29, 1.82) is 0 Å². The lowest BCUT2D eigenvalue weighted by Crippen LogP contribution is -2.24. The van der Waals surface area contributed by atoms with E-state index in [1.165, 1.54) is 12.1 Å². The number of aromatic nitrogens is 1. The molecule has 0 saturated carbocycles. The highest BCUT2D eigenvalue weighted by atomic mass is 19.1. The molecule has 3 N–H and O–H groups in total. The molecule has 0 unspecified atom stereocenters. The zero-order valence-electron chi connectivity index (χ0n) is 15.3. The molecule has 3 rings (SSSR count). The molecule has 0 aliphatic carbocycles. The molecule has 7 heteroatoms. The maximum absolute atomic E-state index is 13.0. The molecule has 0 bridgehead atoms. The number of pyridine rings is 1. The van der Waals surface area contributed by atoms with Gasteiger partial charge in [0.05, 0.1) is 17.9 Å². The maximum Gasteiger partial charge on any atom is 0.255 e. The van der Waals surface area contributed by atoms with Crippen LogP contribution in [0.25, 0.3) is 0 Å². The number of nitrogens with one attached hydrogen (secondary N) is 1. The summed E-state index contributed by atoms with van der Waals surface area (Å²) in [6.45, 7) is 0.617. The van der Waals surface area contributed by atoms with E-state index in [1.807, 2.05) is 12.1 Å². The van der Waals surface area contributed by atoms with Gasteiger partial charge in [0.15, 0.2) is 0 Å². The lowest BCUT2D eigenvalue weighted by atomic mass is 10.2. The van der Waals surface area contributed by atoms with Gasteiger partial charge in [-0.2, -0.15) is 0 Å². The molecule has 0 atom stereocenters. The molecule has 1 heterocycles. The predicted octanol–water partition coefficient (Wildman–Crippen LogP) is 3.67. The smallest absolute Gasteiger partial charge is 0.255 e. The Morgan fingerprint density at radius 3 is 2.61 bits per heavy atom. The number of nitrogens with zero attached hydrogens (tertiary/aromatic N) is 1. The van der Waals surface area contributed by atoms with Gasteiger partial charge in [0.25, 0.3) is 5.91 Å². The summed E-state index contributed by atoms with van der Waals surface area (Å²) in [6.07, 6.45) is 0. The molecule has 2 aromatic carbocycles. The van der Waals surface area contributed by atoms with Crippen LogP contribution in [0.4, 0.5) is 10.2 Å². The maximum atomic E-state index is 13.0. The molecule has 6 nitrogen and oxygen atoms in total. The van der Waals surface area contributed by atoms with Gasteiger partial charge in [-0.1, -0.05) is 12.1 Å². The highest BCUT2D eigenvalue weighted by Crippen LogP contribution is 2.22. The van der Waals surface area contributed by atoms with Crippen molar-refractivity contribution in [1.82, 2.24) is 10.3 Å². The summed E-state index contributed by atoms with van der Waals surface area (Å²) in [5, 5.41) is 2.81. The number of halogens is 1. The standard InChI is InChI=1S/C21H20FN3O3/c1-27-13-16-7-10-19(20(23)25-16)21(26)24-12-14-3-2-4-18(11-14)28-17-8-5-15(22)6-9-17/h2-11H,12-13H2,1H3,(H2,23,25)(H,24,26). The summed E-state index contributed by atoms with van der Waals surface area (Å²) < 4.78 is 23.7. The number of hydrogen-bond acceptors (Lipinski definition) is 5. The number of amides is 1. The van der Waals surface area contributed by atoms with Crippen LogP contribution < -0.4 is 15.8 Å². The molecule has 0 aliphatic rings. The first-order chi connectivity index (χ1) is 13.5. The third kappa shape index (κ3) is 5.05. The molecular weight excluding hydrogens is 361 g/mol. The Balaban J connectivity index is 1.63. The number of nitrogens with two attached hydrogens (primary N) is 1. The number of carbonyl (C=O) groups is 1. The van der Waals surface area contributed by atoms with Gasteiger partial charge in [-0.25, -0.2) is 9.37 Å². The van der Waals surface area contributed by atoms with Crippen LogP contribution >= 0.6 is 0 Å². The van der Waals surface area contributed by atoms with Gasteiger partial charge in [-0.05, 0) is 54.1 Å². The van der Waals surface area contributed by atoms with Crippen molar-refractivity contribution in [2.75, 3.05) is 12.8 Å². The van der Waals surface area contributed by atoms with Crippen LogP contribution in [0.1, 0.15) is 21.6 Å². The van der Waals surface area contributed by atoms with Crippen molar-refractivity contribution in [3.05, 3.63) is 83.3 Å². The fourth-order valence-electron chi connectivity index (χ4n) is 2.57. The zero-order chi connectivity index (χ0) is 19.9.